The summed E-state index contributed by atoms with van der Waals surface area (Å²) in [4.78, 5) is 1.56. The van der Waals surface area contributed by atoms with Crippen molar-refractivity contribution in [2.45, 2.75) is 37.7 Å². The van der Waals surface area contributed by atoms with Gasteiger partial charge in [-0.25, -0.2) is 0 Å². The lowest BCUT2D eigenvalue weighted by Gasteiger charge is -2.14. The molecule has 0 bridgehead atoms. The first kappa shape index (κ1) is 17.3. The van der Waals surface area contributed by atoms with E-state index in [0.29, 0.717) is 11.1 Å². The number of rotatable bonds is 9. The molecule has 0 unspecified atom stereocenters. The highest BCUT2D eigenvalue weighted by atomic mass is 32.2. The molecule has 0 aliphatic rings. The van der Waals surface area contributed by atoms with Crippen LogP contribution < -0.4 is 11.1 Å². The van der Waals surface area contributed by atoms with Crippen molar-refractivity contribution in [3.8, 4) is 0 Å². The molecule has 1 rings (SSSR count). The van der Waals surface area contributed by atoms with Gasteiger partial charge in [-0.15, -0.1) is 11.8 Å². The van der Waals surface area contributed by atoms with Gasteiger partial charge in [0.1, 0.15) is 4.99 Å². The maximum Gasteiger partial charge on any atom is 0.107 e. The topological polar surface area (TPSA) is 47.3 Å². The molecule has 112 valence electrons. The summed E-state index contributed by atoms with van der Waals surface area (Å²) in [5, 5.41) is 3.42. The zero-order valence-corrected chi connectivity index (χ0v) is 14.1. The van der Waals surface area contributed by atoms with E-state index in [1.54, 1.807) is 11.8 Å². The van der Waals surface area contributed by atoms with Gasteiger partial charge in [-0.2, -0.15) is 0 Å². The largest absolute Gasteiger partial charge is 0.389 e. The van der Waals surface area contributed by atoms with Crippen molar-refractivity contribution in [2.24, 2.45) is 5.73 Å². The molecule has 0 aliphatic carbocycles. The van der Waals surface area contributed by atoms with Crippen LogP contribution >= 0.6 is 24.0 Å². The summed E-state index contributed by atoms with van der Waals surface area (Å²) < 4.78 is 5.52. The van der Waals surface area contributed by atoms with Crippen molar-refractivity contribution >= 4 is 34.7 Å². The van der Waals surface area contributed by atoms with Crippen LogP contribution in [0.4, 0.5) is 5.69 Å². The summed E-state index contributed by atoms with van der Waals surface area (Å²) in [5.74, 6) is 0. The van der Waals surface area contributed by atoms with E-state index in [4.69, 9.17) is 22.7 Å². The predicted octanol–water partition coefficient (Wildman–Crippen LogP) is 3.66. The highest BCUT2D eigenvalue weighted by molar-refractivity contribution is 7.98. The van der Waals surface area contributed by atoms with Crippen molar-refractivity contribution < 1.29 is 4.74 Å². The molecule has 20 heavy (non-hydrogen) atoms. The molecule has 3 nitrogen and oxygen atoms in total. The third-order valence-corrected chi connectivity index (χ3v) is 3.81. The molecular formula is C15H24N2OS2. The molecule has 1 aromatic rings. The predicted molar refractivity (Wildman–Crippen MR) is 92.9 cm³/mol. The van der Waals surface area contributed by atoms with Crippen LogP contribution in [0, 0.1) is 0 Å². The van der Waals surface area contributed by atoms with Crippen LogP contribution in [0.15, 0.2) is 23.1 Å². The van der Waals surface area contributed by atoms with Crippen LogP contribution in [0.2, 0.25) is 0 Å². The molecule has 0 aromatic heterocycles. The second-order valence-electron chi connectivity index (χ2n) is 4.80. The third-order valence-electron chi connectivity index (χ3n) is 2.83. The fourth-order valence-corrected chi connectivity index (χ4v) is 2.80. The lowest BCUT2D eigenvalue weighted by Crippen LogP contribution is -2.15. The van der Waals surface area contributed by atoms with Gasteiger partial charge in [-0.3, -0.25) is 0 Å². The van der Waals surface area contributed by atoms with Crippen LogP contribution in [0.5, 0.6) is 0 Å². The summed E-state index contributed by atoms with van der Waals surface area (Å²) in [7, 11) is 0. The molecule has 0 amide bonds. The van der Waals surface area contributed by atoms with Gasteiger partial charge < -0.3 is 15.8 Å². The van der Waals surface area contributed by atoms with Crippen molar-refractivity contribution in [1.82, 2.24) is 0 Å². The number of anilines is 1. The maximum absolute atomic E-state index is 5.83. The number of nitrogens with one attached hydrogen (secondary N) is 1. The molecule has 0 saturated heterocycles. The number of nitrogens with two attached hydrogens (primary N) is 1. The summed E-state index contributed by atoms with van der Waals surface area (Å²) in [6.07, 6.45) is 4.45. The SMILES string of the molecule is CSc1cccc(NCCCCOC(C)C)c1C(N)=S. The summed E-state index contributed by atoms with van der Waals surface area (Å²) in [6, 6.07) is 6.09. The Kier molecular flexibility index (Phi) is 7.95. The van der Waals surface area contributed by atoms with E-state index in [9.17, 15) is 0 Å². The zero-order valence-electron chi connectivity index (χ0n) is 12.4. The van der Waals surface area contributed by atoms with Crippen LogP contribution in [-0.2, 0) is 4.74 Å². The highest BCUT2D eigenvalue weighted by Crippen LogP contribution is 2.27. The van der Waals surface area contributed by atoms with Crippen LogP contribution in [-0.4, -0.2) is 30.5 Å². The molecule has 0 atom stereocenters. The molecule has 5 heteroatoms. The second-order valence-corrected chi connectivity index (χ2v) is 6.09. The van der Waals surface area contributed by atoms with Gasteiger partial charge >= 0.3 is 0 Å². The number of benzene rings is 1. The first-order chi connectivity index (χ1) is 9.56. The minimum atomic E-state index is 0.308. The maximum atomic E-state index is 5.83. The van der Waals surface area contributed by atoms with Gasteiger partial charge in [-0.1, -0.05) is 18.3 Å². The normalized spacial score (nSPS) is 10.8. The number of thioether (sulfide) groups is 1. The quantitative estimate of drug-likeness (QED) is 0.414. The lowest BCUT2D eigenvalue weighted by atomic mass is 10.1. The van der Waals surface area contributed by atoms with E-state index in [1.165, 1.54) is 0 Å². The number of ether oxygens (including phenoxy) is 1. The summed E-state index contributed by atoms with van der Waals surface area (Å²) in [6.45, 7) is 5.82. The molecule has 3 N–H and O–H groups in total. The summed E-state index contributed by atoms with van der Waals surface area (Å²) in [5.41, 5.74) is 7.81. The molecule has 0 radical (unpaired) electrons. The fourth-order valence-electron chi connectivity index (χ4n) is 1.87. The van der Waals surface area contributed by atoms with Gasteiger partial charge in [0.15, 0.2) is 0 Å². The standard InChI is InChI=1S/C15H24N2OS2/c1-11(2)18-10-5-4-9-17-12-7-6-8-13(20-3)14(12)15(16)19/h6-8,11,17H,4-5,9-10H2,1-3H3,(H2,16,19). The molecule has 0 heterocycles. The van der Waals surface area contributed by atoms with Gasteiger partial charge in [0, 0.05) is 29.3 Å². The Bertz CT molecular complexity index is 436. The van der Waals surface area contributed by atoms with Crippen LogP contribution in [0.1, 0.15) is 32.3 Å². The average molecular weight is 313 g/mol. The van der Waals surface area contributed by atoms with E-state index in [-0.39, 0.29) is 0 Å². The van der Waals surface area contributed by atoms with Crippen LogP contribution in [0.25, 0.3) is 0 Å². The number of thiocarbonyl (C=S) groups is 1. The van der Waals surface area contributed by atoms with E-state index in [1.807, 2.05) is 24.5 Å². The van der Waals surface area contributed by atoms with Gasteiger partial charge in [0.05, 0.1) is 6.10 Å². The van der Waals surface area contributed by atoms with Gasteiger partial charge in [0.25, 0.3) is 0 Å². The lowest BCUT2D eigenvalue weighted by molar-refractivity contribution is 0.0765. The van der Waals surface area contributed by atoms with Gasteiger partial charge in [0.2, 0.25) is 0 Å². The first-order valence-electron chi connectivity index (χ1n) is 6.88. The minimum absolute atomic E-state index is 0.308. The van der Waals surface area contributed by atoms with Crippen molar-refractivity contribution in [2.75, 3.05) is 24.7 Å². The number of hydrogen-bond donors (Lipinski definition) is 2. The van der Waals surface area contributed by atoms with Gasteiger partial charge in [-0.05, 0) is 45.1 Å². The Morgan fingerprint density at radius 1 is 1.40 bits per heavy atom. The Hall–Kier alpha value is -0.780. The average Bonchev–Trinajstić information content (AvgIpc) is 2.41. The second kappa shape index (κ2) is 9.21. The summed E-state index contributed by atoms with van der Waals surface area (Å²) >= 11 is 6.82. The van der Waals surface area contributed by atoms with Crippen molar-refractivity contribution in [3.63, 3.8) is 0 Å². The highest BCUT2D eigenvalue weighted by Gasteiger charge is 2.09. The number of hydrogen-bond acceptors (Lipinski definition) is 4. The van der Waals surface area contributed by atoms with Crippen molar-refractivity contribution in [1.29, 1.82) is 0 Å². The smallest absolute Gasteiger partial charge is 0.107 e. The van der Waals surface area contributed by atoms with E-state index in [2.05, 4.69) is 19.2 Å². The van der Waals surface area contributed by atoms with E-state index >= 15 is 0 Å². The number of unbranched alkanes of at least 4 members (excludes halogenated alkanes) is 1. The fraction of sp³-hybridized carbons (Fsp3) is 0.533. The molecule has 0 fully saturated rings. The molecule has 0 saturated carbocycles. The zero-order chi connectivity index (χ0) is 15.0. The minimum Gasteiger partial charge on any atom is -0.389 e. The van der Waals surface area contributed by atoms with E-state index in [0.717, 1.165) is 42.1 Å². The van der Waals surface area contributed by atoms with Crippen LogP contribution in [0.3, 0.4) is 0 Å². The third kappa shape index (κ3) is 5.69. The molecule has 0 spiro atoms. The van der Waals surface area contributed by atoms with Crippen molar-refractivity contribution in [3.05, 3.63) is 23.8 Å². The molecular weight excluding hydrogens is 288 g/mol. The Morgan fingerprint density at radius 2 is 2.15 bits per heavy atom. The monoisotopic (exact) mass is 312 g/mol. The molecule has 1 aromatic carbocycles. The Balaban J connectivity index is 2.49. The first-order valence-corrected chi connectivity index (χ1v) is 8.51. The molecule has 0 aliphatic heterocycles. The Morgan fingerprint density at radius 3 is 2.75 bits per heavy atom. The Labute approximate surface area is 131 Å². The van der Waals surface area contributed by atoms with E-state index < -0.39 is 0 Å².